The van der Waals surface area contributed by atoms with Gasteiger partial charge in [0.1, 0.15) is 11.5 Å². The van der Waals surface area contributed by atoms with E-state index in [4.69, 9.17) is 10.2 Å². The molecule has 0 aliphatic carbocycles. The summed E-state index contributed by atoms with van der Waals surface area (Å²) in [6.45, 7) is 6.97. The number of furan rings is 1. The van der Waals surface area contributed by atoms with Gasteiger partial charge in [-0.1, -0.05) is 20.3 Å². The maximum Gasteiger partial charge on any atom is 0.217 e. The lowest BCUT2D eigenvalue weighted by atomic mass is 10.1. The lowest BCUT2D eigenvalue weighted by Gasteiger charge is -2.11. The van der Waals surface area contributed by atoms with Crippen molar-refractivity contribution in [1.82, 2.24) is 15.6 Å². The Morgan fingerprint density at radius 1 is 1.44 bits per heavy atom. The molecule has 0 aromatic carbocycles. The maximum absolute atomic E-state index is 10.9. The zero-order valence-electron chi connectivity index (χ0n) is 14.8. The van der Waals surface area contributed by atoms with Crippen LogP contribution in [0.1, 0.15) is 39.4 Å². The summed E-state index contributed by atoms with van der Waals surface area (Å²) in [4.78, 5) is 19.7. The van der Waals surface area contributed by atoms with E-state index in [1.165, 1.54) is 18.3 Å². The van der Waals surface area contributed by atoms with Crippen LogP contribution in [0.4, 0.5) is 5.13 Å². The molecule has 7 nitrogen and oxygen atoms in total. The van der Waals surface area contributed by atoms with E-state index in [-0.39, 0.29) is 5.91 Å². The smallest absolute Gasteiger partial charge is 0.217 e. The van der Waals surface area contributed by atoms with Gasteiger partial charge in [-0.2, -0.15) is 4.99 Å². The first-order valence-electron chi connectivity index (χ1n) is 8.35. The van der Waals surface area contributed by atoms with Gasteiger partial charge >= 0.3 is 0 Å². The molecule has 25 heavy (non-hydrogen) atoms. The number of aliphatic imine (C=N–C) groups is 1. The van der Waals surface area contributed by atoms with Crippen LogP contribution in [0, 0.1) is 5.92 Å². The number of hydrogen-bond donors (Lipinski definition) is 3. The molecule has 4 N–H and O–H groups in total. The van der Waals surface area contributed by atoms with Crippen molar-refractivity contribution in [2.24, 2.45) is 16.6 Å². The van der Waals surface area contributed by atoms with Crippen molar-refractivity contribution in [3.8, 4) is 11.5 Å². The molecular formula is C17H25N5O2S. The highest BCUT2D eigenvalue weighted by molar-refractivity contribution is 7.13. The van der Waals surface area contributed by atoms with Gasteiger partial charge in [0.25, 0.3) is 0 Å². The summed E-state index contributed by atoms with van der Waals surface area (Å²) in [5, 5.41) is 8.26. The monoisotopic (exact) mass is 363 g/mol. The van der Waals surface area contributed by atoms with E-state index in [9.17, 15) is 4.79 Å². The van der Waals surface area contributed by atoms with Crippen molar-refractivity contribution >= 4 is 28.3 Å². The number of nitrogens with two attached hydrogens (primary N) is 1. The van der Waals surface area contributed by atoms with Crippen LogP contribution in [-0.2, 0) is 11.3 Å². The third kappa shape index (κ3) is 6.22. The van der Waals surface area contributed by atoms with Crippen LogP contribution < -0.4 is 16.4 Å². The van der Waals surface area contributed by atoms with Gasteiger partial charge in [0.15, 0.2) is 11.7 Å². The second kappa shape index (κ2) is 9.22. The molecule has 0 spiro atoms. The average Bonchev–Trinajstić information content (AvgIpc) is 3.20. The van der Waals surface area contributed by atoms with Gasteiger partial charge < -0.3 is 20.8 Å². The molecule has 0 bridgehead atoms. The summed E-state index contributed by atoms with van der Waals surface area (Å²) >= 11 is 1.40. The first-order valence-corrected chi connectivity index (χ1v) is 9.23. The van der Waals surface area contributed by atoms with Crippen molar-refractivity contribution in [2.75, 3.05) is 6.54 Å². The minimum atomic E-state index is -0.0977. The van der Waals surface area contributed by atoms with Crippen LogP contribution in [0.5, 0.6) is 0 Å². The summed E-state index contributed by atoms with van der Waals surface area (Å²) < 4.78 is 5.68. The lowest BCUT2D eigenvalue weighted by molar-refractivity contribution is -0.119. The Hall–Kier alpha value is -2.35. The van der Waals surface area contributed by atoms with E-state index in [1.54, 1.807) is 0 Å². The van der Waals surface area contributed by atoms with Gasteiger partial charge in [0, 0.05) is 18.8 Å². The standard InChI is InChI=1S/C17H25N5O2S/c1-4-5-11(2)8-20-16(18)22-17-21-14(10-25-17)15-7-6-13(24-15)9-19-12(3)23/h6-7,10-11H,4-5,8-9H2,1-3H3,(H,19,23)(H3,18,20,21,22). The molecule has 2 heterocycles. The Morgan fingerprint density at radius 2 is 2.24 bits per heavy atom. The fourth-order valence-electron chi connectivity index (χ4n) is 2.27. The number of nitrogens with zero attached hydrogens (tertiary/aromatic N) is 2. The molecule has 0 radical (unpaired) electrons. The molecule has 8 heteroatoms. The third-order valence-electron chi connectivity index (χ3n) is 3.55. The number of rotatable bonds is 8. The zero-order chi connectivity index (χ0) is 18.2. The Bertz CT molecular complexity index is 722. The molecule has 2 aromatic heterocycles. The van der Waals surface area contributed by atoms with Gasteiger partial charge in [-0.05, 0) is 24.5 Å². The van der Waals surface area contributed by atoms with Gasteiger partial charge in [-0.15, -0.1) is 11.3 Å². The van der Waals surface area contributed by atoms with Crippen molar-refractivity contribution in [3.05, 3.63) is 23.3 Å². The van der Waals surface area contributed by atoms with Crippen molar-refractivity contribution in [1.29, 1.82) is 0 Å². The molecule has 1 amide bonds. The summed E-state index contributed by atoms with van der Waals surface area (Å²) in [7, 11) is 0. The molecule has 0 aliphatic heterocycles. The zero-order valence-corrected chi connectivity index (χ0v) is 15.7. The largest absolute Gasteiger partial charge is 0.458 e. The van der Waals surface area contributed by atoms with Crippen LogP contribution in [-0.4, -0.2) is 23.4 Å². The summed E-state index contributed by atoms with van der Waals surface area (Å²) in [5.41, 5.74) is 6.61. The Labute approximate surface area is 151 Å². The summed E-state index contributed by atoms with van der Waals surface area (Å²) in [5.74, 6) is 2.14. The SMILES string of the molecule is CCCC(C)CN/C(N)=N/c1nc(-c2ccc(CNC(C)=O)o2)cs1. The molecule has 0 saturated carbocycles. The molecule has 2 aromatic rings. The van der Waals surface area contributed by atoms with E-state index >= 15 is 0 Å². The van der Waals surface area contributed by atoms with Crippen molar-refractivity contribution < 1.29 is 9.21 Å². The predicted molar refractivity (Wildman–Crippen MR) is 101 cm³/mol. The highest BCUT2D eigenvalue weighted by Gasteiger charge is 2.10. The molecular weight excluding hydrogens is 338 g/mol. The number of thiazole rings is 1. The van der Waals surface area contributed by atoms with Crippen molar-refractivity contribution in [2.45, 2.75) is 40.2 Å². The van der Waals surface area contributed by atoms with Crippen molar-refractivity contribution in [3.63, 3.8) is 0 Å². The summed E-state index contributed by atoms with van der Waals surface area (Å²) in [6.07, 6.45) is 2.31. The van der Waals surface area contributed by atoms with Gasteiger partial charge in [-0.3, -0.25) is 4.79 Å². The lowest BCUT2D eigenvalue weighted by Crippen LogP contribution is -2.34. The molecule has 136 valence electrons. The number of hydrogen-bond acceptors (Lipinski definition) is 5. The van der Waals surface area contributed by atoms with E-state index in [0.29, 0.717) is 40.8 Å². The van der Waals surface area contributed by atoms with Gasteiger partial charge in [0.2, 0.25) is 11.0 Å². The number of amides is 1. The second-order valence-corrected chi connectivity index (χ2v) is 6.80. The van der Waals surface area contributed by atoms with Crippen LogP contribution in [0.3, 0.4) is 0 Å². The highest BCUT2D eigenvalue weighted by Crippen LogP contribution is 2.28. The minimum Gasteiger partial charge on any atom is -0.458 e. The number of carbonyl (C=O) groups excluding carboxylic acids is 1. The quantitative estimate of drug-likeness (QED) is 0.494. The minimum absolute atomic E-state index is 0.0977. The van der Waals surface area contributed by atoms with Gasteiger partial charge in [0.05, 0.1) is 6.54 Å². The number of aromatic nitrogens is 1. The summed E-state index contributed by atoms with van der Waals surface area (Å²) in [6, 6.07) is 3.65. The Balaban J connectivity index is 1.95. The first-order chi connectivity index (χ1) is 12.0. The third-order valence-corrected chi connectivity index (χ3v) is 4.28. The van der Waals surface area contributed by atoms with E-state index < -0.39 is 0 Å². The fourth-order valence-corrected chi connectivity index (χ4v) is 2.96. The number of nitrogens with one attached hydrogen (secondary N) is 2. The normalized spacial score (nSPS) is 12.8. The Kier molecular flexibility index (Phi) is 7.00. The predicted octanol–water partition coefficient (Wildman–Crippen LogP) is 3.01. The second-order valence-electron chi connectivity index (χ2n) is 5.96. The molecule has 0 saturated heterocycles. The Morgan fingerprint density at radius 3 is 2.96 bits per heavy atom. The maximum atomic E-state index is 10.9. The van der Waals surface area contributed by atoms with E-state index in [0.717, 1.165) is 19.4 Å². The van der Waals surface area contributed by atoms with Crippen LogP contribution >= 0.6 is 11.3 Å². The fraction of sp³-hybridized carbons (Fsp3) is 0.471. The van der Waals surface area contributed by atoms with Crippen LogP contribution in [0.2, 0.25) is 0 Å². The van der Waals surface area contributed by atoms with Crippen LogP contribution in [0.25, 0.3) is 11.5 Å². The van der Waals surface area contributed by atoms with Gasteiger partial charge in [-0.25, -0.2) is 4.98 Å². The topological polar surface area (TPSA) is 106 Å². The number of guanidine groups is 1. The first kappa shape index (κ1) is 19.0. The highest BCUT2D eigenvalue weighted by atomic mass is 32.1. The van der Waals surface area contributed by atoms with E-state index in [2.05, 4.69) is 34.5 Å². The number of carbonyl (C=O) groups is 1. The van der Waals surface area contributed by atoms with E-state index in [1.807, 2.05) is 17.5 Å². The van der Waals surface area contributed by atoms with Crippen LogP contribution in [0.15, 0.2) is 26.9 Å². The molecule has 0 aliphatic rings. The average molecular weight is 363 g/mol. The molecule has 0 fully saturated rings. The molecule has 1 atom stereocenters. The molecule has 2 rings (SSSR count). The molecule has 1 unspecified atom stereocenters.